The Balaban J connectivity index is 1.73. The Hall–Kier alpha value is -3.42. The molecule has 1 aliphatic heterocycles. The summed E-state index contributed by atoms with van der Waals surface area (Å²) in [4.78, 5) is 32.8. The van der Waals surface area contributed by atoms with Crippen LogP contribution in [-0.4, -0.2) is 17.5 Å². The maximum atomic E-state index is 13.6. The lowest BCUT2D eigenvalue weighted by Gasteiger charge is -2.22. The average molecular weight is 465 g/mol. The summed E-state index contributed by atoms with van der Waals surface area (Å²) in [7, 11) is 0. The topological polar surface area (TPSA) is 72.6 Å². The number of ether oxygens (including phenoxy) is 1. The second kappa shape index (κ2) is 7.93. The summed E-state index contributed by atoms with van der Waals surface area (Å²) in [6, 6.07) is 9.85. The van der Waals surface area contributed by atoms with Gasteiger partial charge in [0.15, 0.2) is 10.6 Å². The molecular formula is C24H17ClN2O4S. The fourth-order valence-corrected chi connectivity index (χ4v) is 4.67. The van der Waals surface area contributed by atoms with Crippen molar-refractivity contribution in [1.82, 2.24) is 4.98 Å². The van der Waals surface area contributed by atoms with Gasteiger partial charge in [0.05, 0.1) is 17.0 Å². The SMILES string of the molecule is C=CCOc1ccc(C2c3c(oc4cc(C)c(Cl)cc4c3=O)C(=O)N2c2nccs2)cc1. The lowest BCUT2D eigenvalue weighted by atomic mass is 9.98. The van der Waals surface area contributed by atoms with Gasteiger partial charge in [-0.15, -0.1) is 11.3 Å². The Morgan fingerprint density at radius 2 is 2.06 bits per heavy atom. The summed E-state index contributed by atoms with van der Waals surface area (Å²) < 4.78 is 11.5. The maximum absolute atomic E-state index is 13.6. The normalized spacial score (nSPS) is 15.2. The van der Waals surface area contributed by atoms with Gasteiger partial charge in [-0.3, -0.25) is 14.5 Å². The fourth-order valence-electron chi connectivity index (χ4n) is 3.84. The first kappa shape index (κ1) is 20.5. The predicted molar refractivity (Wildman–Crippen MR) is 125 cm³/mol. The molecule has 3 heterocycles. The molecule has 0 radical (unpaired) electrons. The monoisotopic (exact) mass is 464 g/mol. The second-order valence-electron chi connectivity index (χ2n) is 7.33. The van der Waals surface area contributed by atoms with Crippen LogP contribution in [0.1, 0.15) is 33.3 Å². The summed E-state index contributed by atoms with van der Waals surface area (Å²) in [5.41, 5.74) is 1.82. The summed E-state index contributed by atoms with van der Waals surface area (Å²) in [5.74, 6) is 0.279. The zero-order chi connectivity index (χ0) is 22.4. The highest BCUT2D eigenvalue weighted by Crippen LogP contribution is 2.42. The summed E-state index contributed by atoms with van der Waals surface area (Å²) >= 11 is 7.59. The number of halogens is 1. The molecule has 32 heavy (non-hydrogen) atoms. The van der Waals surface area contributed by atoms with Crippen LogP contribution in [0.4, 0.5) is 5.13 Å². The Bertz CT molecular complexity index is 1410. The number of carbonyl (C=O) groups excluding carboxylic acids is 1. The third kappa shape index (κ3) is 3.21. The fraction of sp³-hybridized carbons (Fsp3) is 0.125. The Morgan fingerprint density at radius 3 is 2.75 bits per heavy atom. The Morgan fingerprint density at radius 1 is 1.28 bits per heavy atom. The van der Waals surface area contributed by atoms with Gasteiger partial charge in [0.1, 0.15) is 17.9 Å². The first-order valence-electron chi connectivity index (χ1n) is 9.83. The van der Waals surface area contributed by atoms with E-state index < -0.39 is 11.9 Å². The van der Waals surface area contributed by atoms with Crippen LogP contribution in [0.2, 0.25) is 5.02 Å². The maximum Gasteiger partial charge on any atom is 0.297 e. The van der Waals surface area contributed by atoms with E-state index in [2.05, 4.69) is 11.6 Å². The number of benzene rings is 2. The zero-order valence-electron chi connectivity index (χ0n) is 17.0. The van der Waals surface area contributed by atoms with Crippen molar-refractivity contribution in [3.8, 4) is 5.75 Å². The summed E-state index contributed by atoms with van der Waals surface area (Å²) in [6.07, 6.45) is 3.28. The lowest BCUT2D eigenvalue weighted by Crippen LogP contribution is -2.29. The van der Waals surface area contributed by atoms with Crippen LogP contribution in [0.3, 0.4) is 0 Å². The van der Waals surface area contributed by atoms with Crippen molar-refractivity contribution in [1.29, 1.82) is 0 Å². The second-order valence-corrected chi connectivity index (χ2v) is 8.61. The number of aryl methyl sites for hydroxylation is 1. The number of aromatic nitrogens is 1. The molecule has 2 aromatic heterocycles. The molecule has 0 bridgehead atoms. The average Bonchev–Trinajstić information content (AvgIpc) is 3.41. The standard InChI is InChI=1S/C24H17ClN2O4S/c1-3-9-30-15-6-4-14(5-7-15)20-19-21(28)16-12-17(25)13(2)11-18(16)31-22(19)23(29)27(20)24-26-8-10-32-24/h3-8,10-12,20H,1,9H2,2H3. The zero-order valence-corrected chi connectivity index (χ0v) is 18.6. The van der Waals surface area contributed by atoms with E-state index in [1.54, 1.807) is 41.9 Å². The van der Waals surface area contributed by atoms with Crippen LogP contribution in [0.25, 0.3) is 11.0 Å². The van der Waals surface area contributed by atoms with Crippen LogP contribution in [0.15, 0.2) is 69.8 Å². The van der Waals surface area contributed by atoms with Gasteiger partial charge < -0.3 is 9.15 Å². The van der Waals surface area contributed by atoms with E-state index in [0.717, 1.165) is 11.1 Å². The van der Waals surface area contributed by atoms with Gasteiger partial charge in [-0.2, -0.15) is 0 Å². The van der Waals surface area contributed by atoms with Crippen LogP contribution in [0, 0.1) is 6.92 Å². The number of carbonyl (C=O) groups is 1. The van der Waals surface area contributed by atoms with E-state index in [4.69, 9.17) is 20.8 Å². The molecule has 0 fully saturated rings. The van der Waals surface area contributed by atoms with E-state index in [0.29, 0.717) is 33.5 Å². The molecule has 160 valence electrons. The van der Waals surface area contributed by atoms with Gasteiger partial charge in [0.2, 0.25) is 5.76 Å². The van der Waals surface area contributed by atoms with E-state index in [-0.39, 0.29) is 16.8 Å². The van der Waals surface area contributed by atoms with Crippen molar-refractivity contribution in [3.05, 3.63) is 98.3 Å². The minimum Gasteiger partial charge on any atom is -0.490 e. The highest BCUT2D eigenvalue weighted by atomic mass is 35.5. The molecule has 6 nitrogen and oxygen atoms in total. The Labute approximate surface area is 192 Å². The van der Waals surface area contributed by atoms with Gasteiger partial charge in [-0.1, -0.05) is 36.4 Å². The number of anilines is 1. The van der Waals surface area contributed by atoms with Crippen LogP contribution < -0.4 is 15.1 Å². The highest BCUT2D eigenvalue weighted by molar-refractivity contribution is 7.13. The van der Waals surface area contributed by atoms with E-state index >= 15 is 0 Å². The van der Waals surface area contributed by atoms with Gasteiger partial charge in [-0.25, -0.2) is 4.98 Å². The van der Waals surface area contributed by atoms with E-state index in [9.17, 15) is 9.59 Å². The first-order chi connectivity index (χ1) is 15.5. The van der Waals surface area contributed by atoms with Crippen molar-refractivity contribution in [2.75, 3.05) is 11.5 Å². The minimum absolute atomic E-state index is 0.0245. The molecule has 0 saturated carbocycles. The van der Waals surface area contributed by atoms with Crippen molar-refractivity contribution in [3.63, 3.8) is 0 Å². The predicted octanol–water partition coefficient (Wildman–Crippen LogP) is 5.53. The number of fused-ring (bicyclic) bond motifs is 2. The van der Waals surface area contributed by atoms with Gasteiger partial charge in [0, 0.05) is 16.6 Å². The number of thiazole rings is 1. The molecular weight excluding hydrogens is 448 g/mol. The summed E-state index contributed by atoms with van der Waals surface area (Å²) in [6.45, 7) is 5.84. The largest absolute Gasteiger partial charge is 0.490 e. The molecule has 4 aromatic rings. The molecule has 0 saturated heterocycles. The molecule has 0 spiro atoms. The van der Waals surface area contributed by atoms with E-state index in [1.807, 2.05) is 19.1 Å². The third-order valence-electron chi connectivity index (χ3n) is 5.34. The molecule has 0 aliphatic carbocycles. The third-order valence-corrected chi connectivity index (χ3v) is 6.52. The highest BCUT2D eigenvalue weighted by Gasteiger charge is 2.44. The Kier molecular flexibility index (Phi) is 5.07. The number of hydrogen-bond acceptors (Lipinski definition) is 6. The molecule has 1 aliphatic rings. The quantitative estimate of drug-likeness (QED) is 0.363. The van der Waals surface area contributed by atoms with Crippen LogP contribution in [-0.2, 0) is 0 Å². The molecule has 1 unspecified atom stereocenters. The van der Waals surface area contributed by atoms with Crippen molar-refractivity contribution in [2.45, 2.75) is 13.0 Å². The molecule has 8 heteroatoms. The molecule has 2 aromatic carbocycles. The minimum atomic E-state index is -0.683. The van der Waals surface area contributed by atoms with E-state index in [1.165, 1.54) is 16.2 Å². The van der Waals surface area contributed by atoms with Crippen molar-refractivity contribution >= 4 is 44.9 Å². The number of amides is 1. The smallest absolute Gasteiger partial charge is 0.297 e. The van der Waals surface area contributed by atoms with Gasteiger partial charge in [-0.05, 0) is 42.3 Å². The molecule has 1 atom stereocenters. The molecule has 5 rings (SSSR count). The van der Waals surface area contributed by atoms with Crippen molar-refractivity contribution in [2.24, 2.45) is 0 Å². The molecule has 0 N–H and O–H groups in total. The first-order valence-corrected chi connectivity index (χ1v) is 11.1. The summed E-state index contributed by atoms with van der Waals surface area (Å²) in [5, 5.41) is 3.07. The van der Waals surface area contributed by atoms with Crippen molar-refractivity contribution < 1.29 is 13.9 Å². The lowest BCUT2D eigenvalue weighted by molar-refractivity contribution is 0.0971. The van der Waals surface area contributed by atoms with Crippen LogP contribution >= 0.6 is 22.9 Å². The number of hydrogen-bond donors (Lipinski definition) is 0. The number of nitrogens with zero attached hydrogens (tertiary/aromatic N) is 2. The van der Waals surface area contributed by atoms with Crippen LogP contribution in [0.5, 0.6) is 5.75 Å². The van der Waals surface area contributed by atoms with Gasteiger partial charge in [0.25, 0.3) is 5.91 Å². The van der Waals surface area contributed by atoms with Gasteiger partial charge >= 0.3 is 0 Å². The molecule has 1 amide bonds. The number of rotatable bonds is 5.